The molecule has 3 rings (SSSR count). The first kappa shape index (κ1) is 26.6. The Morgan fingerprint density at radius 1 is 1.22 bits per heavy atom. The van der Waals surface area contributed by atoms with Gasteiger partial charge in [0.15, 0.2) is 17.6 Å². The second kappa shape index (κ2) is 11.0. The van der Waals surface area contributed by atoms with Gasteiger partial charge in [-0.1, -0.05) is 13.0 Å². The molecule has 2 aliphatic rings. The molecular formula is C23H35F2IN4O2. The lowest BCUT2D eigenvalue weighted by Gasteiger charge is -2.40. The normalized spacial score (nSPS) is 23.9. The summed E-state index contributed by atoms with van der Waals surface area (Å²) in [4.78, 5) is 18.8. The number of nitrogens with zero attached hydrogens (tertiary/aromatic N) is 2. The van der Waals surface area contributed by atoms with Crippen LogP contribution in [0.25, 0.3) is 0 Å². The predicted octanol–water partition coefficient (Wildman–Crippen LogP) is 4.78. The molecule has 3 unspecified atom stereocenters. The fourth-order valence-corrected chi connectivity index (χ4v) is 4.48. The van der Waals surface area contributed by atoms with Gasteiger partial charge in [0.25, 0.3) is 0 Å². The number of fused-ring (bicyclic) bond motifs is 2. The number of benzene rings is 1. The number of hydrogen-bond donors (Lipinski definition) is 2. The van der Waals surface area contributed by atoms with E-state index in [-0.39, 0.29) is 54.1 Å². The standard InChI is InChI=1S/C23H34F2N4O2.HI/c1-14(15-6-9-19(24)20(25)10-15)13-27-21(26-5)28-16-11-17-7-8-18(12-16)29(17)22(30)31-23(2,3)4;/h6,9-10,14,16-18H,7-8,11-13H2,1-5H3,(H2,26,27,28);1H. The van der Waals surface area contributed by atoms with Crippen LogP contribution in [0, 0.1) is 11.6 Å². The molecule has 0 spiro atoms. The molecule has 9 heteroatoms. The van der Waals surface area contributed by atoms with E-state index >= 15 is 0 Å². The van der Waals surface area contributed by atoms with Crippen LogP contribution in [0.4, 0.5) is 13.6 Å². The van der Waals surface area contributed by atoms with Crippen LogP contribution in [-0.4, -0.2) is 54.3 Å². The van der Waals surface area contributed by atoms with Crippen molar-refractivity contribution in [2.45, 2.75) is 83.0 Å². The van der Waals surface area contributed by atoms with Crippen LogP contribution in [0.15, 0.2) is 23.2 Å². The first-order valence-corrected chi connectivity index (χ1v) is 11.0. The molecule has 2 bridgehead atoms. The first-order valence-electron chi connectivity index (χ1n) is 11.0. The fourth-order valence-electron chi connectivity index (χ4n) is 4.48. The van der Waals surface area contributed by atoms with E-state index in [0.29, 0.717) is 12.5 Å². The van der Waals surface area contributed by atoms with Gasteiger partial charge >= 0.3 is 6.09 Å². The van der Waals surface area contributed by atoms with Crippen molar-refractivity contribution in [2.75, 3.05) is 13.6 Å². The van der Waals surface area contributed by atoms with E-state index in [1.54, 1.807) is 13.1 Å². The predicted molar refractivity (Wildman–Crippen MR) is 133 cm³/mol. The molecule has 1 aromatic carbocycles. The molecule has 1 aromatic rings. The second-order valence-electron chi connectivity index (χ2n) is 9.61. The number of nitrogens with one attached hydrogen (secondary N) is 2. The highest BCUT2D eigenvalue weighted by atomic mass is 127. The van der Waals surface area contributed by atoms with Gasteiger partial charge in [0, 0.05) is 31.7 Å². The lowest BCUT2D eigenvalue weighted by molar-refractivity contribution is 0.00545. The SMILES string of the molecule is CN=C(NCC(C)c1ccc(F)c(F)c1)NC1CC2CCC(C1)N2C(=O)OC(C)(C)C.I. The topological polar surface area (TPSA) is 66.0 Å². The highest BCUT2D eigenvalue weighted by Gasteiger charge is 2.45. The first-order chi connectivity index (χ1) is 14.6. The van der Waals surface area contributed by atoms with Crippen LogP contribution in [0.5, 0.6) is 0 Å². The summed E-state index contributed by atoms with van der Waals surface area (Å²) in [5.74, 6) is -1.02. The smallest absolute Gasteiger partial charge is 0.410 e. The van der Waals surface area contributed by atoms with E-state index in [2.05, 4.69) is 15.6 Å². The number of rotatable bonds is 4. The zero-order valence-electron chi connectivity index (χ0n) is 19.5. The minimum absolute atomic E-state index is 0. The number of hydrogen-bond acceptors (Lipinski definition) is 3. The third-order valence-corrected chi connectivity index (χ3v) is 5.99. The number of amides is 1. The third-order valence-electron chi connectivity index (χ3n) is 5.99. The van der Waals surface area contributed by atoms with Crippen molar-refractivity contribution < 1.29 is 18.3 Å². The highest BCUT2D eigenvalue weighted by molar-refractivity contribution is 14.0. The fraction of sp³-hybridized carbons (Fsp3) is 0.652. The lowest BCUT2D eigenvalue weighted by atomic mass is 9.98. The summed E-state index contributed by atoms with van der Waals surface area (Å²) < 4.78 is 32.3. The van der Waals surface area contributed by atoms with E-state index in [9.17, 15) is 13.6 Å². The largest absolute Gasteiger partial charge is 0.444 e. The van der Waals surface area contributed by atoms with E-state index in [0.717, 1.165) is 37.3 Å². The number of aliphatic imine (C=N–C) groups is 1. The molecule has 32 heavy (non-hydrogen) atoms. The molecule has 2 saturated heterocycles. The molecule has 3 atom stereocenters. The number of guanidine groups is 1. The van der Waals surface area contributed by atoms with Gasteiger partial charge in [-0.15, -0.1) is 24.0 Å². The van der Waals surface area contributed by atoms with Gasteiger partial charge < -0.3 is 20.3 Å². The average Bonchev–Trinajstić information content (AvgIpc) is 2.96. The molecule has 0 radical (unpaired) electrons. The molecule has 0 saturated carbocycles. The summed E-state index contributed by atoms with van der Waals surface area (Å²) in [6.45, 7) is 8.15. The number of carbonyl (C=O) groups excluding carboxylic acids is 1. The van der Waals surface area contributed by atoms with Crippen molar-refractivity contribution >= 4 is 36.0 Å². The summed E-state index contributed by atoms with van der Waals surface area (Å²) in [5, 5.41) is 6.75. The van der Waals surface area contributed by atoms with E-state index < -0.39 is 17.2 Å². The van der Waals surface area contributed by atoms with Crippen molar-refractivity contribution in [1.82, 2.24) is 15.5 Å². The van der Waals surface area contributed by atoms with Crippen molar-refractivity contribution in [2.24, 2.45) is 4.99 Å². The maximum absolute atomic E-state index is 13.5. The minimum atomic E-state index is -0.839. The van der Waals surface area contributed by atoms with E-state index in [4.69, 9.17) is 4.74 Å². The van der Waals surface area contributed by atoms with E-state index in [1.807, 2.05) is 32.6 Å². The molecule has 2 aliphatic heterocycles. The van der Waals surface area contributed by atoms with Crippen LogP contribution in [0.1, 0.15) is 64.9 Å². The summed E-state index contributed by atoms with van der Waals surface area (Å²) in [6.07, 6.45) is 3.44. The van der Waals surface area contributed by atoms with Gasteiger partial charge in [-0.05, 0) is 70.1 Å². The van der Waals surface area contributed by atoms with Gasteiger partial charge in [0.1, 0.15) is 5.60 Å². The van der Waals surface area contributed by atoms with Gasteiger partial charge in [-0.25, -0.2) is 13.6 Å². The van der Waals surface area contributed by atoms with Crippen molar-refractivity contribution in [3.8, 4) is 0 Å². The number of ether oxygens (including phenoxy) is 1. The van der Waals surface area contributed by atoms with Crippen LogP contribution in [-0.2, 0) is 4.74 Å². The molecule has 2 N–H and O–H groups in total. The van der Waals surface area contributed by atoms with Crippen LogP contribution < -0.4 is 10.6 Å². The molecule has 2 fully saturated rings. The molecular weight excluding hydrogens is 529 g/mol. The molecule has 0 aliphatic carbocycles. The number of piperidine rings is 1. The second-order valence-corrected chi connectivity index (χ2v) is 9.61. The summed E-state index contributed by atoms with van der Waals surface area (Å²) >= 11 is 0. The Hall–Kier alpha value is -1.65. The zero-order valence-corrected chi connectivity index (χ0v) is 21.8. The lowest BCUT2D eigenvalue weighted by Crippen LogP contribution is -2.55. The van der Waals surface area contributed by atoms with Crippen LogP contribution in [0.2, 0.25) is 0 Å². The van der Waals surface area contributed by atoms with Gasteiger partial charge in [-0.2, -0.15) is 0 Å². The molecule has 180 valence electrons. The maximum atomic E-state index is 13.5. The van der Waals surface area contributed by atoms with E-state index in [1.165, 1.54) is 6.07 Å². The molecule has 6 nitrogen and oxygen atoms in total. The van der Waals surface area contributed by atoms with Gasteiger partial charge in [0.05, 0.1) is 0 Å². The Morgan fingerprint density at radius 3 is 2.38 bits per heavy atom. The molecule has 0 aromatic heterocycles. The Balaban J connectivity index is 0.00000363. The maximum Gasteiger partial charge on any atom is 0.410 e. The molecule has 2 heterocycles. The van der Waals surface area contributed by atoms with Gasteiger partial charge in [-0.3, -0.25) is 4.99 Å². The Kier molecular flexibility index (Phi) is 9.13. The van der Waals surface area contributed by atoms with Crippen molar-refractivity contribution in [1.29, 1.82) is 0 Å². The van der Waals surface area contributed by atoms with Gasteiger partial charge in [0.2, 0.25) is 0 Å². The van der Waals surface area contributed by atoms with Crippen molar-refractivity contribution in [3.63, 3.8) is 0 Å². The number of halogens is 3. The summed E-state index contributed by atoms with van der Waals surface area (Å²) in [6, 6.07) is 4.55. The third kappa shape index (κ3) is 6.68. The van der Waals surface area contributed by atoms with Crippen molar-refractivity contribution in [3.05, 3.63) is 35.4 Å². The minimum Gasteiger partial charge on any atom is -0.444 e. The number of carbonyl (C=O) groups is 1. The average molecular weight is 564 g/mol. The van der Waals surface area contributed by atoms with Crippen LogP contribution in [0.3, 0.4) is 0 Å². The Bertz CT molecular complexity index is 817. The summed E-state index contributed by atoms with van der Waals surface area (Å²) in [7, 11) is 1.71. The molecule has 1 amide bonds. The Labute approximate surface area is 206 Å². The van der Waals surface area contributed by atoms with Crippen LogP contribution >= 0.6 is 24.0 Å². The highest BCUT2D eigenvalue weighted by Crippen LogP contribution is 2.36. The Morgan fingerprint density at radius 2 is 1.84 bits per heavy atom. The quantitative estimate of drug-likeness (QED) is 0.314. The summed E-state index contributed by atoms with van der Waals surface area (Å²) in [5.41, 5.74) is 0.229. The zero-order chi connectivity index (χ0) is 22.8. The monoisotopic (exact) mass is 564 g/mol.